The van der Waals surface area contributed by atoms with E-state index in [9.17, 15) is 17.5 Å². The van der Waals surface area contributed by atoms with Crippen LogP contribution in [-0.2, 0) is 22.2 Å². The molecule has 13 heavy (non-hydrogen) atoms. The number of hydrogen-bond donors (Lipinski definition) is 1. The molecule has 4 nitrogen and oxygen atoms in total. The average molecular weight is 238 g/mol. The second-order valence-electron chi connectivity index (χ2n) is 2.44. The molecule has 0 aromatic rings. The Balaban J connectivity index is 2.90. The van der Waals surface area contributed by atoms with Gasteiger partial charge >= 0.3 is 0 Å². The van der Waals surface area contributed by atoms with E-state index < -0.39 is 27.4 Å². The minimum Gasteiger partial charge on any atom is -0.772 e. The maximum atomic E-state index is 10.6. The lowest BCUT2D eigenvalue weighted by atomic mass is 10.2. The van der Waals surface area contributed by atoms with Gasteiger partial charge < -0.3 is 9.11 Å². The third-order valence-corrected chi connectivity index (χ3v) is 3.32. The van der Waals surface area contributed by atoms with E-state index in [2.05, 4.69) is 12.6 Å². The molecule has 0 bridgehead atoms. The van der Waals surface area contributed by atoms with Crippen LogP contribution >= 0.6 is 12.6 Å². The molecule has 0 fully saturated rings. The summed E-state index contributed by atoms with van der Waals surface area (Å²) >= 11 is -0.754. The van der Waals surface area contributed by atoms with Gasteiger partial charge in [0.25, 0.3) is 0 Å². The van der Waals surface area contributed by atoms with Crippen molar-refractivity contribution in [2.24, 2.45) is 0 Å². The topological polar surface area (TPSA) is 80.3 Å². The molecule has 0 aromatic heterocycles. The summed E-state index contributed by atoms with van der Waals surface area (Å²) in [6, 6.07) is 0. The summed E-state index contributed by atoms with van der Waals surface area (Å²) in [6.07, 6.45) is 2.74. The Morgan fingerprint density at radius 1 is 1.46 bits per heavy atom. The van der Waals surface area contributed by atoms with Gasteiger partial charge in [0.15, 0.2) is 0 Å². The fourth-order valence-corrected chi connectivity index (χ4v) is 2.70. The molecule has 0 heterocycles. The highest BCUT2D eigenvalue weighted by Crippen LogP contribution is 2.24. The third kappa shape index (κ3) is 3.03. The smallest absolute Gasteiger partial charge is 0.0454 e. The monoisotopic (exact) mass is 238 g/mol. The van der Waals surface area contributed by atoms with E-state index in [4.69, 9.17) is 0 Å². The van der Waals surface area contributed by atoms with Gasteiger partial charge in [0.2, 0.25) is 0 Å². The van der Waals surface area contributed by atoms with Crippen molar-refractivity contribution in [1.29, 1.82) is 0 Å². The fraction of sp³-hybridized carbons (Fsp3) is 0.333. The van der Waals surface area contributed by atoms with Crippen LogP contribution in [0.5, 0.6) is 0 Å². The summed E-state index contributed by atoms with van der Waals surface area (Å²) in [6.45, 7) is 0. The first-order valence-corrected chi connectivity index (χ1v) is 5.95. The Morgan fingerprint density at radius 3 is 2.54 bits per heavy atom. The fourth-order valence-electron chi connectivity index (χ4n) is 0.959. The standard InChI is InChI=1S/C6H8O4S3/c7-12(8)5-1-4(11)2-6(3-5)13(9)10/h1-2,5,11H,3H2,(H,7,8)(H,9,10)/p-2. The molecule has 1 aliphatic carbocycles. The minimum absolute atomic E-state index is 0.00369. The first kappa shape index (κ1) is 11.1. The predicted molar refractivity (Wildman–Crippen MR) is 51.4 cm³/mol. The molecule has 3 atom stereocenters. The van der Waals surface area contributed by atoms with E-state index in [-0.39, 0.29) is 11.3 Å². The molecule has 7 heteroatoms. The van der Waals surface area contributed by atoms with Crippen LogP contribution in [0.3, 0.4) is 0 Å². The zero-order chi connectivity index (χ0) is 10.0. The molecule has 74 valence electrons. The minimum atomic E-state index is -2.36. The summed E-state index contributed by atoms with van der Waals surface area (Å²) in [4.78, 5) is 0.432. The van der Waals surface area contributed by atoms with Crippen LogP contribution in [-0.4, -0.2) is 22.8 Å². The molecule has 1 rings (SSSR count). The van der Waals surface area contributed by atoms with Crippen LogP contribution in [0.4, 0.5) is 0 Å². The van der Waals surface area contributed by atoms with Crippen LogP contribution in [0.1, 0.15) is 6.42 Å². The van der Waals surface area contributed by atoms with Crippen molar-refractivity contribution in [2.75, 3.05) is 0 Å². The lowest BCUT2D eigenvalue weighted by Crippen LogP contribution is -2.17. The van der Waals surface area contributed by atoms with Crippen LogP contribution in [0.25, 0.3) is 0 Å². The zero-order valence-corrected chi connectivity index (χ0v) is 8.86. The molecule has 0 aliphatic heterocycles. The van der Waals surface area contributed by atoms with Gasteiger partial charge in [-0.1, -0.05) is 6.08 Å². The quantitative estimate of drug-likeness (QED) is 0.551. The summed E-state index contributed by atoms with van der Waals surface area (Å²) in [5, 5.41) is -0.787. The van der Waals surface area contributed by atoms with Gasteiger partial charge in [0, 0.05) is 15.1 Å². The Morgan fingerprint density at radius 2 is 2.08 bits per heavy atom. The van der Waals surface area contributed by atoms with Crippen molar-refractivity contribution in [3.05, 3.63) is 22.0 Å². The second kappa shape index (κ2) is 4.52. The van der Waals surface area contributed by atoms with E-state index in [1.54, 1.807) is 0 Å². The van der Waals surface area contributed by atoms with Crippen molar-refractivity contribution in [3.63, 3.8) is 0 Å². The number of allylic oxidation sites excluding steroid dienone is 2. The van der Waals surface area contributed by atoms with Crippen molar-refractivity contribution < 1.29 is 17.5 Å². The lowest BCUT2D eigenvalue weighted by Gasteiger charge is -2.23. The molecular formula is C6H6O4S3-2. The zero-order valence-electron chi connectivity index (χ0n) is 6.34. The highest BCUT2D eigenvalue weighted by molar-refractivity contribution is 7.85. The molecule has 0 saturated heterocycles. The Kier molecular flexibility index (Phi) is 3.87. The Labute approximate surface area is 86.1 Å². The van der Waals surface area contributed by atoms with Gasteiger partial charge in [-0.15, -0.1) is 12.6 Å². The van der Waals surface area contributed by atoms with Crippen LogP contribution in [0, 0.1) is 0 Å². The van der Waals surface area contributed by atoms with Gasteiger partial charge in [-0.3, -0.25) is 8.42 Å². The molecule has 0 aromatic carbocycles. The van der Waals surface area contributed by atoms with E-state index >= 15 is 0 Å². The average Bonchev–Trinajstić information content (AvgIpc) is 2.03. The van der Waals surface area contributed by atoms with Crippen molar-refractivity contribution in [3.8, 4) is 0 Å². The highest BCUT2D eigenvalue weighted by atomic mass is 32.2. The van der Waals surface area contributed by atoms with Gasteiger partial charge in [-0.2, -0.15) is 0 Å². The van der Waals surface area contributed by atoms with E-state index in [1.807, 2.05) is 0 Å². The predicted octanol–water partition coefficient (Wildman–Crippen LogP) is 0.215. The molecule has 0 saturated carbocycles. The van der Waals surface area contributed by atoms with E-state index in [0.717, 1.165) is 0 Å². The second-order valence-corrected chi connectivity index (χ2v) is 5.08. The Hall–Kier alpha value is 0.0500. The number of rotatable bonds is 2. The largest absolute Gasteiger partial charge is 0.772 e. The molecule has 0 spiro atoms. The molecule has 0 N–H and O–H groups in total. The first-order valence-electron chi connectivity index (χ1n) is 3.29. The molecule has 3 unspecified atom stereocenters. The maximum absolute atomic E-state index is 10.6. The summed E-state index contributed by atoms with van der Waals surface area (Å²) in [7, 11) is 0. The SMILES string of the molecule is O=S([O-])C1=CC(S)=CC(S(=O)[O-])C1. The van der Waals surface area contributed by atoms with Gasteiger partial charge in [0.05, 0.1) is 0 Å². The van der Waals surface area contributed by atoms with Crippen LogP contribution in [0.2, 0.25) is 0 Å². The van der Waals surface area contributed by atoms with Gasteiger partial charge in [-0.05, 0) is 34.7 Å². The molecular weight excluding hydrogens is 232 g/mol. The lowest BCUT2D eigenvalue weighted by molar-refractivity contribution is 0.527. The van der Waals surface area contributed by atoms with Gasteiger partial charge in [-0.25, -0.2) is 0 Å². The maximum Gasteiger partial charge on any atom is 0.0454 e. The molecule has 1 aliphatic rings. The van der Waals surface area contributed by atoms with Crippen LogP contribution in [0.15, 0.2) is 22.0 Å². The van der Waals surface area contributed by atoms with E-state index in [1.165, 1.54) is 12.2 Å². The first-order chi connectivity index (χ1) is 6.00. The van der Waals surface area contributed by atoms with Crippen molar-refractivity contribution >= 4 is 34.8 Å². The summed E-state index contributed by atoms with van der Waals surface area (Å²) in [5.74, 6) is 0. The highest BCUT2D eigenvalue weighted by Gasteiger charge is 2.15. The van der Waals surface area contributed by atoms with E-state index in [0.29, 0.717) is 4.91 Å². The third-order valence-electron chi connectivity index (χ3n) is 1.53. The molecule has 0 radical (unpaired) electrons. The van der Waals surface area contributed by atoms with Crippen LogP contribution < -0.4 is 0 Å². The van der Waals surface area contributed by atoms with Crippen molar-refractivity contribution in [1.82, 2.24) is 0 Å². The summed E-state index contributed by atoms with van der Waals surface area (Å²) < 4.78 is 42.2. The van der Waals surface area contributed by atoms with Gasteiger partial charge in [0.1, 0.15) is 0 Å². The summed E-state index contributed by atoms with van der Waals surface area (Å²) in [5.41, 5.74) is 0. The molecule has 0 amide bonds. The normalized spacial score (nSPS) is 27.5. The Bertz CT molecular complexity index is 320. The van der Waals surface area contributed by atoms with Crippen molar-refractivity contribution in [2.45, 2.75) is 11.7 Å². The number of hydrogen-bond acceptors (Lipinski definition) is 5. The number of thiol groups is 1.